The van der Waals surface area contributed by atoms with Crippen LogP contribution in [0.2, 0.25) is 5.02 Å². The lowest BCUT2D eigenvalue weighted by molar-refractivity contribution is -0.384. The Balaban J connectivity index is 1.49. The number of nitrogens with zero attached hydrogens (tertiary/aromatic N) is 3. The molecule has 1 aliphatic rings. The van der Waals surface area contributed by atoms with Gasteiger partial charge in [0.1, 0.15) is 0 Å². The number of benzene rings is 2. The first-order chi connectivity index (χ1) is 11.6. The van der Waals surface area contributed by atoms with Crippen molar-refractivity contribution in [2.24, 2.45) is 0 Å². The summed E-state index contributed by atoms with van der Waals surface area (Å²) < 4.78 is 0. The van der Waals surface area contributed by atoms with E-state index in [4.69, 9.17) is 11.6 Å². The lowest BCUT2D eigenvalue weighted by Gasteiger charge is -2.34. The Morgan fingerprint density at radius 3 is 2.04 bits per heavy atom. The van der Waals surface area contributed by atoms with Gasteiger partial charge < -0.3 is 0 Å². The summed E-state index contributed by atoms with van der Waals surface area (Å²) in [6, 6.07) is 14.8. The Hall–Kier alpha value is -1.95. The topological polar surface area (TPSA) is 49.6 Å². The van der Waals surface area contributed by atoms with E-state index in [1.165, 1.54) is 5.56 Å². The molecule has 1 saturated heterocycles. The summed E-state index contributed by atoms with van der Waals surface area (Å²) in [6.45, 7) is 5.78. The molecule has 1 heterocycles. The molecule has 0 atom stereocenters. The molecule has 1 aliphatic heterocycles. The predicted octanol–water partition coefficient (Wildman–Crippen LogP) is 3.57. The van der Waals surface area contributed by atoms with Gasteiger partial charge in [-0.1, -0.05) is 35.9 Å². The van der Waals surface area contributed by atoms with Crippen LogP contribution in [0.15, 0.2) is 48.5 Å². The molecule has 2 aromatic rings. The number of hydrogen-bond acceptors (Lipinski definition) is 4. The third-order valence-corrected chi connectivity index (χ3v) is 4.55. The van der Waals surface area contributed by atoms with Crippen molar-refractivity contribution in [1.29, 1.82) is 0 Å². The number of rotatable bonds is 5. The number of halogens is 1. The highest BCUT2D eigenvalue weighted by Gasteiger charge is 2.17. The van der Waals surface area contributed by atoms with E-state index in [-0.39, 0.29) is 10.6 Å². The summed E-state index contributed by atoms with van der Waals surface area (Å²) in [5.74, 6) is 0. The molecule has 126 valence electrons. The minimum absolute atomic E-state index is 0.144. The van der Waals surface area contributed by atoms with Crippen LogP contribution in [0.4, 0.5) is 5.69 Å². The number of nitro groups is 1. The summed E-state index contributed by atoms with van der Waals surface area (Å²) in [6.07, 6.45) is 0. The van der Waals surface area contributed by atoms with Crippen molar-refractivity contribution in [3.8, 4) is 0 Å². The van der Waals surface area contributed by atoms with E-state index in [0.29, 0.717) is 0 Å². The fourth-order valence-corrected chi connectivity index (χ4v) is 3.19. The highest BCUT2D eigenvalue weighted by molar-refractivity contribution is 6.30. The van der Waals surface area contributed by atoms with Gasteiger partial charge in [-0.25, -0.2) is 0 Å². The molecular weight excluding hydrogens is 326 g/mol. The van der Waals surface area contributed by atoms with Gasteiger partial charge in [0, 0.05) is 56.4 Å². The number of hydrogen-bond donors (Lipinski definition) is 0. The van der Waals surface area contributed by atoms with Crippen molar-refractivity contribution in [3.63, 3.8) is 0 Å². The fourth-order valence-electron chi connectivity index (χ4n) is 2.98. The first-order valence-corrected chi connectivity index (χ1v) is 8.40. The molecule has 6 heteroatoms. The van der Waals surface area contributed by atoms with Crippen LogP contribution in [0.1, 0.15) is 11.1 Å². The van der Waals surface area contributed by atoms with E-state index in [0.717, 1.165) is 49.9 Å². The van der Waals surface area contributed by atoms with Gasteiger partial charge in [0.25, 0.3) is 5.69 Å². The summed E-state index contributed by atoms with van der Waals surface area (Å²) in [5.41, 5.74) is 2.50. The van der Waals surface area contributed by atoms with E-state index in [9.17, 15) is 10.1 Å². The van der Waals surface area contributed by atoms with Crippen molar-refractivity contribution in [2.75, 3.05) is 26.2 Å². The average Bonchev–Trinajstić information content (AvgIpc) is 2.57. The maximum absolute atomic E-state index is 10.7. The Kier molecular flexibility index (Phi) is 5.45. The molecule has 24 heavy (non-hydrogen) atoms. The second-order valence-electron chi connectivity index (χ2n) is 6.11. The molecule has 0 N–H and O–H groups in total. The average molecular weight is 346 g/mol. The maximum Gasteiger partial charge on any atom is 0.269 e. The molecule has 0 aliphatic carbocycles. The summed E-state index contributed by atoms with van der Waals surface area (Å²) in [4.78, 5) is 15.1. The monoisotopic (exact) mass is 345 g/mol. The molecule has 0 bridgehead atoms. The molecular formula is C18H20ClN3O2. The summed E-state index contributed by atoms with van der Waals surface area (Å²) in [7, 11) is 0. The SMILES string of the molecule is O=[N+]([O-])c1ccc(CN2CCN(Cc3cccc(Cl)c3)CC2)cc1. The molecule has 0 aromatic heterocycles. The van der Waals surface area contributed by atoms with Gasteiger partial charge >= 0.3 is 0 Å². The smallest absolute Gasteiger partial charge is 0.269 e. The molecule has 3 rings (SSSR count). The first-order valence-electron chi connectivity index (χ1n) is 8.02. The zero-order valence-corrected chi connectivity index (χ0v) is 14.2. The lowest BCUT2D eigenvalue weighted by Crippen LogP contribution is -2.45. The fraction of sp³-hybridized carbons (Fsp3) is 0.333. The van der Waals surface area contributed by atoms with Crippen LogP contribution in [0.5, 0.6) is 0 Å². The van der Waals surface area contributed by atoms with Crippen LogP contribution in [0, 0.1) is 10.1 Å². The third-order valence-electron chi connectivity index (χ3n) is 4.31. The zero-order chi connectivity index (χ0) is 16.9. The van der Waals surface area contributed by atoms with Gasteiger partial charge in [-0.05, 0) is 23.3 Å². The normalized spacial score (nSPS) is 16.2. The molecule has 0 radical (unpaired) electrons. The van der Waals surface area contributed by atoms with Crippen molar-refractivity contribution in [2.45, 2.75) is 13.1 Å². The van der Waals surface area contributed by atoms with Crippen LogP contribution >= 0.6 is 11.6 Å². The quantitative estimate of drug-likeness (QED) is 0.614. The predicted molar refractivity (Wildman–Crippen MR) is 95.1 cm³/mol. The van der Waals surface area contributed by atoms with E-state index in [1.807, 2.05) is 30.3 Å². The van der Waals surface area contributed by atoms with Crippen LogP contribution in [-0.2, 0) is 13.1 Å². The highest BCUT2D eigenvalue weighted by atomic mass is 35.5. The molecule has 5 nitrogen and oxygen atoms in total. The molecule has 0 saturated carbocycles. The van der Waals surface area contributed by atoms with Crippen molar-refractivity contribution in [1.82, 2.24) is 9.80 Å². The Bertz CT molecular complexity index is 698. The van der Waals surface area contributed by atoms with Gasteiger partial charge in [0.15, 0.2) is 0 Å². The first kappa shape index (κ1) is 16.9. The van der Waals surface area contributed by atoms with Crippen LogP contribution in [-0.4, -0.2) is 40.9 Å². The maximum atomic E-state index is 10.7. The summed E-state index contributed by atoms with van der Waals surface area (Å²) >= 11 is 6.04. The molecule has 0 amide bonds. The van der Waals surface area contributed by atoms with Crippen molar-refractivity contribution in [3.05, 3.63) is 74.8 Å². The Morgan fingerprint density at radius 1 is 0.917 bits per heavy atom. The van der Waals surface area contributed by atoms with E-state index in [1.54, 1.807) is 12.1 Å². The van der Waals surface area contributed by atoms with Crippen LogP contribution < -0.4 is 0 Å². The largest absolute Gasteiger partial charge is 0.297 e. The van der Waals surface area contributed by atoms with E-state index >= 15 is 0 Å². The van der Waals surface area contributed by atoms with Gasteiger partial charge in [-0.15, -0.1) is 0 Å². The Morgan fingerprint density at radius 2 is 1.50 bits per heavy atom. The van der Waals surface area contributed by atoms with Crippen LogP contribution in [0.25, 0.3) is 0 Å². The molecule has 1 fully saturated rings. The molecule has 0 unspecified atom stereocenters. The van der Waals surface area contributed by atoms with Crippen molar-refractivity contribution >= 4 is 17.3 Å². The minimum atomic E-state index is -0.363. The lowest BCUT2D eigenvalue weighted by atomic mass is 10.1. The van der Waals surface area contributed by atoms with E-state index < -0.39 is 0 Å². The zero-order valence-electron chi connectivity index (χ0n) is 13.4. The van der Waals surface area contributed by atoms with Gasteiger partial charge in [-0.2, -0.15) is 0 Å². The summed E-state index contributed by atoms with van der Waals surface area (Å²) in [5, 5.41) is 11.5. The third kappa shape index (κ3) is 4.54. The Labute approximate surface area is 146 Å². The molecule has 2 aromatic carbocycles. The van der Waals surface area contributed by atoms with Gasteiger partial charge in [0.2, 0.25) is 0 Å². The number of non-ortho nitro benzene ring substituents is 1. The van der Waals surface area contributed by atoms with E-state index in [2.05, 4.69) is 15.9 Å². The van der Waals surface area contributed by atoms with Gasteiger partial charge in [0.05, 0.1) is 4.92 Å². The number of piperazine rings is 1. The van der Waals surface area contributed by atoms with Crippen molar-refractivity contribution < 1.29 is 4.92 Å². The minimum Gasteiger partial charge on any atom is -0.297 e. The van der Waals surface area contributed by atoms with Crippen LogP contribution in [0.3, 0.4) is 0 Å². The second kappa shape index (κ2) is 7.75. The second-order valence-corrected chi connectivity index (χ2v) is 6.54. The number of nitro benzene ring substituents is 1. The molecule has 0 spiro atoms. The highest BCUT2D eigenvalue weighted by Crippen LogP contribution is 2.16. The standard InChI is InChI=1S/C18H20ClN3O2/c19-17-3-1-2-16(12-17)14-21-10-8-20(9-11-21)13-15-4-6-18(7-5-15)22(23)24/h1-7,12H,8-11,13-14H2. The van der Waals surface area contributed by atoms with Gasteiger partial charge in [-0.3, -0.25) is 19.9 Å².